The molecule has 3 aromatic carbocycles. The quantitative estimate of drug-likeness (QED) is 0.387. The fourth-order valence-electron chi connectivity index (χ4n) is 4.53. The first-order valence-corrected chi connectivity index (χ1v) is 11.3. The van der Waals surface area contributed by atoms with Gasteiger partial charge in [-0.05, 0) is 41.2 Å². The summed E-state index contributed by atoms with van der Waals surface area (Å²) in [5.41, 5.74) is 5.01. The van der Waals surface area contributed by atoms with Crippen molar-refractivity contribution in [3.05, 3.63) is 117 Å². The zero-order chi connectivity index (χ0) is 23.3. The number of nitrogens with zero attached hydrogens (tertiary/aromatic N) is 1. The van der Waals surface area contributed by atoms with Gasteiger partial charge in [0, 0.05) is 6.54 Å². The molecule has 1 aliphatic heterocycles. The molecule has 0 fully saturated rings. The van der Waals surface area contributed by atoms with Gasteiger partial charge in [-0.3, -0.25) is 9.59 Å². The highest BCUT2D eigenvalue weighted by Gasteiger charge is 2.42. The number of para-hydroxylation sites is 1. The van der Waals surface area contributed by atoms with Crippen molar-refractivity contribution in [3.8, 4) is 0 Å². The first-order chi connectivity index (χ1) is 15.7. The predicted octanol–water partition coefficient (Wildman–Crippen LogP) is 6.14. The SMILES string of the molecule is Cc1ccc(CN2C(=O)c3oc4ccccc4c(=O)c3C2c2ccc(C(C)(C)C)cc2)cc1. The van der Waals surface area contributed by atoms with Crippen LogP contribution in [0, 0.1) is 6.92 Å². The number of rotatable bonds is 3. The standard InChI is InChI=1S/C29H27NO3/c1-18-9-11-19(12-10-18)17-30-25(20-13-15-21(16-14-20)29(2,3)4)24-26(31)22-7-5-6-8-23(22)33-27(24)28(30)32/h5-16,25H,17H2,1-4H3. The Balaban J connectivity index is 1.68. The number of benzene rings is 3. The second-order valence-electron chi connectivity index (χ2n) is 9.86. The molecule has 4 heteroatoms. The van der Waals surface area contributed by atoms with Crippen molar-refractivity contribution >= 4 is 16.9 Å². The van der Waals surface area contributed by atoms with Crippen LogP contribution in [0.1, 0.15) is 65.2 Å². The van der Waals surface area contributed by atoms with Crippen LogP contribution in [0.2, 0.25) is 0 Å². The summed E-state index contributed by atoms with van der Waals surface area (Å²) in [4.78, 5) is 28.9. The summed E-state index contributed by atoms with van der Waals surface area (Å²) in [6.45, 7) is 8.93. The van der Waals surface area contributed by atoms with Crippen LogP contribution in [0.4, 0.5) is 0 Å². The van der Waals surface area contributed by atoms with Crippen LogP contribution in [0.3, 0.4) is 0 Å². The molecule has 0 radical (unpaired) electrons. The van der Waals surface area contributed by atoms with E-state index in [0.29, 0.717) is 23.1 Å². The summed E-state index contributed by atoms with van der Waals surface area (Å²) in [7, 11) is 0. The molecule has 5 rings (SSSR count). The lowest BCUT2D eigenvalue weighted by molar-refractivity contribution is 0.0714. The molecule has 0 saturated heterocycles. The Morgan fingerprint density at radius 1 is 0.879 bits per heavy atom. The van der Waals surface area contributed by atoms with Crippen molar-refractivity contribution in [2.75, 3.05) is 0 Å². The van der Waals surface area contributed by atoms with Gasteiger partial charge in [0.1, 0.15) is 5.58 Å². The van der Waals surface area contributed by atoms with E-state index < -0.39 is 6.04 Å². The van der Waals surface area contributed by atoms with E-state index >= 15 is 0 Å². The minimum absolute atomic E-state index is 0.0126. The van der Waals surface area contributed by atoms with E-state index in [-0.39, 0.29) is 22.5 Å². The van der Waals surface area contributed by atoms with Crippen LogP contribution in [-0.4, -0.2) is 10.8 Å². The molecular weight excluding hydrogens is 410 g/mol. The Morgan fingerprint density at radius 3 is 2.21 bits per heavy atom. The molecule has 33 heavy (non-hydrogen) atoms. The minimum Gasteiger partial charge on any atom is -0.450 e. The van der Waals surface area contributed by atoms with Gasteiger partial charge in [-0.1, -0.05) is 87.0 Å². The largest absolute Gasteiger partial charge is 0.450 e. The Kier molecular flexibility index (Phi) is 4.97. The number of aryl methyl sites for hydroxylation is 1. The van der Waals surface area contributed by atoms with Crippen molar-refractivity contribution in [1.29, 1.82) is 0 Å². The van der Waals surface area contributed by atoms with E-state index in [4.69, 9.17) is 4.42 Å². The maximum absolute atomic E-state index is 13.6. The second-order valence-corrected chi connectivity index (χ2v) is 9.86. The molecule has 1 amide bonds. The number of amides is 1. The molecule has 0 N–H and O–H groups in total. The lowest BCUT2D eigenvalue weighted by Gasteiger charge is -2.26. The lowest BCUT2D eigenvalue weighted by Crippen LogP contribution is -2.29. The summed E-state index contributed by atoms with van der Waals surface area (Å²) >= 11 is 0. The zero-order valence-electron chi connectivity index (χ0n) is 19.4. The van der Waals surface area contributed by atoms with Gasteiger partial charge in [0.2, 0.25) is 5.76 Å². The van der Waals surface area contributed by atoms with Crippen molar-refractivity contribution in [2.24, 2.45) is 0 Å². The summed E-state index contributed by atoms with van der Waals surface area (Å²) in [6.07, 6.45) is 0. The summed E-state index contributed by atoms with van der Waals surface area (Å²) in [5.74, 6) is -0.103. The third-order valence-electron chi connectivity index (χ3n) is 6.44. The molecule has 0 saturated carbocycles. The predicted molar refractivity (Wildman–Crippen MR) is 131 cm³/mol. The number of hydrogen-bond donors (Lipinski definition) is 0. The summed E-state index contributed by atoms with van der Waals surface area (Å²) < 4.78 is 6.02. The van der Waals surface area contributed by atoms with Gasteiger partial charge < -0.3 is 9.32 Å². The fourth-order valence-corrected chi connectivity index (χ4v) is 4.53. The Hall–Kier alpha value is -3.66. The monoisotopic (exact) mass is 437 g/mol. The molecule has 1 unspecified atom stereocenters. The molecule has 0 aliphatic carbocycles. The van der Waals surface area contributed by atoms with E-state index in [1.807, 2.05) is 55.5 Å². The lowest BCUT2D eigenvalue weighted by atomic mass is 9.86. The average Bonchev–Trinajstić information content (AvgIpc) is 3.07. The van der Waals surface area contributed by atoms with E-state index in [0.717, 1.165) is 16.7 Å². The smallest absolute Gasteiger partial charge is 0.291 e. The average molecular weight is 438 g/mol. The number of hydrogen-bond acceptors (Lipinski definition) is 3. The normalized spacial score (nSPS) is 15.8. The van der Waals surface area contributed by atoms with Crippen LogP contribution in [0.15, 0.2) is 82.0 Å². The molecule has 2 heterocycles. The summed E-state index contributed by atoms with van der Waals surface area (Å²) in [5, 5.41) is 0.498. The number of carbonyl (C=O) groups excluding carboxylic acids is 1. The van der Waals surface area contributed by atoms with Crippen LogP contribution in [-0.2, 0) is 12.0 Å². The third-order valence-corrected chi connectivity index (χ3v) is 6.44. The van der Waals surface area contributed by atoms with Crippen LogP contribution < -0.4 is 5.43 Å². The van der Waals surface area contributed by atoms with Gasteiger partial charge in [0.15, 0.2) is 5.43 Å². The van der Waals surface area contributed by atoms with E-state index in [1.165, 1.54) is 5.56 Å². The van der Waals surface area contributed by atoms with Crippen molar-refractivity contribution in [3.63, 3.8) is 0 Å². The fraction of sp³-hybridized carbons (Fsp3) is 0.241. The number of carbonyl (C=O) groups is 1. The molecule has 0 bridgehead atoms. The zero-order valence-corrected chi connectivity index (χ0v) is 19.4. The van der Waals surface area contributed by atoms with Crippen LogP contribution in [0.25, 0.3) is 11.0 Å². The van der Waals surface area contributed by atoms with Gasteiger partial charge in [-0.25, -0.2) is 0 Å². The molecule has 4 aromatic rings. The maximum atomic E-state index is 13.6. The molecule has 1 aliphatic rings. The first-order valence-electron chi connectivity index (χ1n) is 11.3. The Bertz CT molecular complexity index is 1410. The third kappa shape index (κ3) is 3.66. The highest BCUT2D eigenvalue weighted by atomic mass is 16.3. The van der Waals surface area contributed by atoms with Gasteiger partial charge in [0.05, 0.1) is 17.0 Å². The van der Waals surface area contributed by atoms with E-state index in [2.05, 4.69) is 32.9 Å². The van der Waals surface area contributed by atoms with Gasteiger partial charge in [-0.2, -0.15) is 0 Å². The Labute approximate surface area is 193 Å². The second kappa shape index (κ2) is 7.73. The van der Waals surface area contributed by atoms with Crippen LogP contribution in [0.5, 0.6) is 0 Å². The van der Waals surface area contributed by atoms with Gasteiger partial charge in [-0.15, -0.1) is 0 Å². The van der Waals surface area contributed by atoms with E-state index in [1.54, 1.807) is 17.0 Å². The Morgan fingerprint density at radius 2 is 1.55 bits per heavy atom. The number of fused-ring (bicyclic) bond motifs is 2. The molecular formula is C29H27NO3. The maximum Gasteiger partial charge on any atom is 0.291 e. The molecule has 1 aromatic heterocycles. The van der Waals surface area contributed by atoms with Crippen molar-refractivity contribution < 1.29 is 9.21 Å². The first kappa shape index (κ1) is 21.2. The van der Waals surface area contributed by atoms with Crippen molar-refractivity contribution in [2.45, 2.75) is 45.7 Å². The topological polar surface area (TPSA) is 50.5 Å². The minimum atomic E-state index is -0.497. The molecule has 166 valence electrons. The van der Waals surface area contributed by atoms with Gasteiger partial charge in [0.25, 0.3) is 5.91 Å². The van der Waals surface area contributed by atoms with Gasteiger partial charge >= 0.3 is 0 Å². The molecule has 1 atom stereocenters. The van der Waals surface area contributed by atoms with Crippen molar-refractivity contribution in [1.82, 2.24) is 4.90 Å². The van der Waals surface area contributed by atoms with E-state index in [9.17, 15) is 9.59 Å². The highest BCUT2D eigenvalue weighted by molar-refractivity contribution is 5.99. The molecule has 4 nitrogen and oxygen atoms in total. The molecule has 0 spiro atoms. The summed E-state index contributed by atoms with van der Waals surface area (Å²) in [6, 6.07) is 23.0. The highest BCUT2D eigenvalue weighted by Crippen LogP contribution is 2.39. The van der Waals surface area contributed by atoms with Crippen LogP contribution >= 0.6 is 0 Å².